The van der Waals surface area contributed by atoms with Crippen molar-refractivity contribution in [1.29, 1.82) is 0 Å². The average Bonchev–Trinajstić information content (AvgIpc) is 2.01. The summed E-state index contributed by atoms with van der Waals surface area (Å²) in [5.74, 6) is -0.538. The molecule has 80 valence electrons. The molecule has 0 heterocycles. The summed E-state index contributed by atoms with van der Waals surface area (Å²) in [6.07, 6.45) is 1.13. The molecule has 0 aromatic carbocycles. The van der Waals surface area contributed by atoms with Crippen molar-refractivity contribution in [2.24, 2.45) is 0 Å². The van der Waals surface area contributed by atoms with Gasteiger partial charge in [-0.15, -0.1) is 0 Å². The molecule has 1 N–H and O–H groups in total. The summed E-state index contributed by atoms with van der Waals surface area (Å²) in [6.45, 7) is 4.77. The van der Waals surface area contributed by atoms with Crippen LogP contribution in [0.4, 0.5) is 0 Å². The zero-order valence-corrected chi connectivity index (χ0v) is 10.5. The molecule has 0 rings (SSSR count). The Balaban J connectivity index is -0.000000240. The van der Waals surface area contributed by atoms with Crippen molar-refractivity contribution >= 4 is 39.1 Å². The fourth-order valence-electron chi connectivity index (χ4n) is 0.970. The Bertz CT molecular complexity index is 310. The van der Waals surface area contributed by atoms with Crippen molar-refractivity contribution in [3.05, 3.63) is 12.7 Å². The van der Waals surface area contributed by atoms with Crippen LogP contribution in [0.25, 0.3) is 0 Å². The maximum atomic E-state index is 11.0. The van der Waals surface area contributed by atoms with E-state index in [1.165, 1.54) is 7.05 Å². The summed E-state index contributed by atoms with van der Waals surface area (Å²) in [7, 11) is -2.91. The van der Waals surface area contributed by atoms with Gasteiger partial charge in [-0.2, -0.15) is 8.42 Å². The van der Waals surface area contributed by atoms with Crippen molar-refractivity contribution in [2.75, 3.05) is 7.05 Å². The minimum Gasteiger partial charge on any atom is -1.00 e. The smallest absolute Gasteiger partial charge is 1.00 e. The van der Waals surface area contributed by atoms with Gasteiger partial charge in [0.2, 0.25) is 5.91 Å². The Morgan fingerprint density at radius 1 is 1.71 bits per heavy atom. The molecule has 0 fully saturated rings. The van der Waals surface area contributed by atoms with Gasteiger partial charge >= 0.3 is 23.1 Å². The first-order valence-electron chi connectivity index (χ1n) is 3.70. The maximum absolute atomic E-state index is 11.0. The predicted octanol–water partition coefficient (Wildman–Crippen LogP) is 0.0989. The van der Waals surface area contributed by atoms with Crippen molar-refractivity contribution in [2.45, 2.75) is 18.7 Å². The predicted molar refractivity (Wildman–Crippen MR) is 56.6 cm³/mol. The number of rotatable bonds is 4. The van der Waals surface area contributed by atoms with Crippen LogP contribution in [0.15, 0.2) is 12.7 Å². The molecule has 0 saturated carbocycles. The van der Waals surface area contributed by atoms with Gasteiger partial charge in [-0.05, 0) is 12.5 Å². The van der Waals surface area contributed by atoms with Gasteiger partial charge in [-0.1, -0.05) is 13.5 Å². The molecule has 7 heteroatoms. The number of carbonyl (C=O) groups is 1. The Morgan fingerprint density at radius 2 is 2.14 bits per heavy atom. The van der Waals surface area contributed by atoms with E-state index < -0.39 is 21.4 Å². The molecule has 5 nitrogen and oxygen atoms in total. The molecule has 0 saturated heterocycles. The molecule has 0 radical (unpaired) electrons. The van der Waals surface area contributed by atoms with Crippen LogP contribution in [-0.4, -0.2) is 59.3 Å². The van der Waals surface area contributed by atoms with Gasteiger partial charge in [-0.25, -0.2) is 0 Å². The first kappa shape index (κ1) is 16.3. The van der Waals surface area contributed by atoms with E-state index in [0.29, 0.717) is 0 Å². The molecule has 1 amide bonds. The molecule has 0 aromatic rings. The fraction of sp³-hybridized carbons (Fsp3) is 0.571. The van der Waals surface area contributed by atoms with E-state index in [9.17, 15) is 13.2 Å². The third-order valence-corrected chi connectivity index (χ3v) is 2.98. The SMILES string of the molecule is C=CC(=O)N(C)C(CC)S(=O)(=O)O.[H-].[H-].[Mg+2]. The molecule has 1 atom stereocenters. The van der Waals surface area contributed by atoms with Gasteiger partial charge in [0.05, 0.1) is 0 Å². The van der Waals surface area contributed by atoms with Crippen molar-refractivity contribution in [1.82, 2.24) is 4.90 Å². The van der Waals surface area contributed by atoms with Gasteiger partial charge in [0.25, 0.3) is 10.1 Å². The topological polar surface area (TPSA) is 74.7 Å². The summed E-state index contributed by atoms with van der Waals surface area (Å²) in [4.78, 5) is 11.9. The Hall–Kier alpha value is -0.114. The van der Waals surface area contributed by atoms with Crippen LogP contribution in [0.3, 0.4) is 0 Å². The molecule has 0 spiro atoms. The zero-order chi connectivity index (χ0) is 10.6. The minimum absolute atomic E-state index is 0. The van der Waals surface area contributed by atoms with E-state index >= 15 is 0 Å². The second-order valence-corrected chi connectivity index (χ2v) is 4.11. The molecule has 0 aromatic heterocycles. The number of nitrogens with zero attached hydrogens (tertiary/aromatic N) is 1. The molecule has 0 aliphatic heterocycles. The largest absolute Gasteiger partial charge is 2.00 e. The van der Waals surface area contributed by atoms with Crippen LogP contribution < -0.4 is 0 Å². The van der Waals surface area contributed by atoms with Crippen molar-refractivity contribution < 1.29 is 20.6 Å². The van der Waals surface area contributed by atoms with Crippen molar-refractivity contribution in [3.8, 4) is 0 Å². The quantitative estimate of drug-likeness (QED) is 0.425. The standard InChI is InChI=1S/C7H13NO4S.Mg.2H/c1-4-6(9)8(3)7(5-2)13(10,11)12;;;/h4,7H,1,5H2,2-3H3,(H,10,11,12);;;/q;+2;2*-1. The van der Waals surface area contributed by atoms with E-state index in [2.05, 4.69) is 6.58 Å². The Morgan fingerprint density at radius 3 is 2.36 bits per heavy atom. The second kappa shape index (κ2) is 6.38. The van der Waals surface area contributed by atoms with Gasteiger partial charge in [0, 0.05) is 7.05 Å². The maximum Gasteiger partial charge on any atom is 2.00 e. The van der Waals surface area contributed by atoms with Crippen LogP contribution in [-0.2, 0) is 14.9 Å². The number of hydrogen-bond acceptors (Lipinski definition) is 3. The van der Waals surface area contributed by atoms with Crippen LogP contribution in [0, 0.1) is 0 Å². The van der Waals surface area contributed by atoms with Crippen LogP contribution in [0.1, 0.15) is 16.2 Å². The van der Waals surface area contributed by atoms with Crippen LogP contribution >= 0.6 is 0 Å². The summed E-state index contributed by atoms with van der Waals surface area (Å²) >= 11 is 0. The Kier molecular flexibility index (Phi) is 7.44. The van der Waals surface area contributed by atoms with Gasteiger partial charge in [-0.3, -0.25) is 9.35 Å². The normalized spacial score (nSPS) is 12.5. The van der Waals surface area contributed by atoms with Gasteiger partial charge < -0.3 is 7.75 Å². The van der Waals surface area contributed by atoms with Crippen LogP contribution in [0.5, 0.6) is 0 Å². The average molecular weight is 234 g/mol. The molecule has 0 bridgehead atoms. The summed E-state index contributed by atoms with van der Waals surface area (Å²) in [6, 6.07) is 0. The number of carbonyl (C=O) groups excluding carboxylic acids is 1. The van der Waals surface area contributed by atoms with Crippen LogP contribution in [0.2, 0.25) is 0 Å². The molecular weight excluding hydrogens is 218 g/mol. The Labute approximate surface area is 103 Å². The minimum atomic E-state index is -4.21. The number of hydrogen-bond donors (Lipinski definition) is 1. The molecule has 0 aliphatic carbocycles. The van der Waals surface area contributed by atoms with E-state index in [0.717, 1.165) is 11.0 Å². The molecule has 0 aliphatic rings. The van der Waals surface area contributed by atoms with Gasteiger partial charge in [0.1, 0.15) is 0 Å². The molecule has 14 heavy (non-hydrogen) atoms. The summed E-state index contributed by atoms with van der Waals surface area (Å²) in [5.41, 5.74) is 0. The monoisotopic (exact) mass is 233 g/mol. The molecule has 1 unspecified atom stereocenters. The van der Waals surface area contributed by atoms with E-state index in [4.69, 9.17) is 4.55 Å². The van der Waals surface area contributed by atoms with E-state index in [1.54, 1.807) is 6.92 Å². The second-order valence-electron chi connectivity index (χ2n) is 2.53. The van der Waals surface area contributed by atoms with Gasteiger partial charge in [0.15, 0.2) is 5.37 Å². The summed E-state index contributed by atoms with van der Waals surface area (Å²) in [5, 5.41) is -1.20. The third kappa shape index (κ3) is 4.40. The number of likely N-dealkylation sites (N-methyl/N-ethyl adjacent to an activating group) is 1. The van der Waals surface area contributed by atoms with Crippen molar-refractivity contribution in [3.63, 3.8) is 0 Å². The first-order valence-corrected chi connectivity index (χ1v) is 5.20. The van der Waals surface area contributed by atoms with E-state index in [-0.39, 0.29) is 32.3 Å². The zero-order valence-electron chi connectivity index (χ0n) is 10.3. The summed E-state index contributed by atoms with van der Waals surface area (Å²) < 4.78 is 30.2. The van der Waals surface area contributed by atoms with E-state index in [1.807, 2.05) is 0 Å². The molecular formula is C7H15MgNO4S. The fourth-order valence-corrected chi connectivity index (χ4v) is 1.89. The first-order chi connectivity index (χ1) is 5.84. The number of amides is 1. The third-order valence-electron chi connectivity index (χ3n) is 1.65.